The van der Waals surface area contributed by atoms with E-state index in [1.807, 2.05) is 41.5 Å². The molecule has 86 valence electrons. The number of carbonyl (C=O) groups excluding carboxylic acids is 2. The van der Waals surface area contributed by atoms with E-state index in [1.54, 1.807) is 0 Å². The Bertz CT molecular complexity index is 439. The first kappa shape index (κ1) is 11.3. The molecule has 0 spiro atoms. The second-order valence-electron chi connectivity index (χ2n) is 5.91. The zero-order valence-corrected chi connectivity index (χ0v) is 10.8. The molecular formula is C14H18O2. The van der Waals surface area contributed by atoms with Crippen LogP contribution in [0.5, 0.6) is 0 Å². The summed E-state index contributed by atoms with van der Waals surface area (Å²) in [6.45, 7) is 11.4. The summed E-state index contributed by atoms with van der Waals surface area (Å²) < 4.78 is 0. The summed E-state index contributed by atoms with van der Waals surface area (Å²) in [5, 5.41) is 0. The summed E-state index contributed by atoms with van der Waals surface area (Å²) in [7, 11) is 0. The van der Waals surface area contributed by atoms with Gasteiger partial charge in [-0.05, 0) is 52.7 Å². The van der Waals surface area contributed by atoms with Gasteiger partial charge < -0.3 is 0 Å². The van der Waals surface area contributed by atoms with Crippen LogP contribution < -0.4 is 0 Å². The van der Waals surface area contributed by atoms with E-state index < -0.39 is 10.8 Å². The molecule has 0 amide bonds. The van der Waals surface area contributed by atoms with Crippen molar-refractivity contribution in [2.45, 2.75) is 41.5 Å². The van der Waals surface area contributed by atoms with E-state index >= 15 is 0 Å². The average Bonchev–Trinajstić information content (AvgIpc) is 2.46. The summed E-state index contributed by atoms with van der Waals surface area (Å²) in [5.74, 6) is 0.216. The highest BCUT2D eigenvalue weighted by Crippen LogP contribution is 2.53. The summed E-state index contributed by atoms with van der Waals surface area (Å²) in [4.78, 5) is 24.6. The largest absolute Gasteiger partial charge is 0.293 e. The molecule has 0 bridgehead atoms. The van der Waals surface area contributed by atoms with Crippen LogP contribution >= 0.6 is 0 Å². The minimum absolute atomic E-state index is 0.108. The van der Waals surface area contributed by atoms with Gasteiger partial charge in [0, 0.05) is 22.0 Å². The molecule has 0 saturated heterocycles. The Morgan fingerprint density at radius 1 is 0.688 bits per heavy atom. The van der Waals surface area contributed by atoms with Gasteiger partial charge in [-0.1, -0.05) is 0 Å². The summed E-state index contributed by atoms with van der Waals surface area (Å²) >= 11 is 0. The van der Waals surface area contributed by atoms with E-state index in [0.717, 1.165) is 11.1 Å². The maximum absolute atomic E-state index is 12.3. The number of ketones is 2. The molecule has 0 N–H and O–H groups in total. The van der Waals surface area contributed by atoms with E-state index in [-0.39, 0.29) is 11.6 Å². The van der Waals surface area contributed by atoms with Crippen LogP contribution in [0.2, 0.25) is 0 Å². The quantitative estimate of drug-likeness (QED) is 0.626. The molecule has 0 atom stereocenters. The van der Waals surface area contributed by atoms with Crippen LogP contribution in [-0.4, -0.2) is 11.6 Å². The van der Waals surface area contributed by atoms with Gasteiger partial charge in [-0.2, -0.15) is 0 Å². The van der Waals surface area contributed by atoms with Crippen molar-refractivity contribution < 1.29 is 9.59 Å². The first-order chi connectivity index (χ1) is 7.13. The predicted molar refractivity (Wildman–Crippen MR) is 63.0 cm³/mol. The van der Waals surface area contributed by atoms with Gasteiger partial charge in [0.2, 0.25) is 0 Å². The number of hydrogen-bond acceptors (Lipinski definition) is 2. The van der Waals surface area contributed by atoms with E-state index in [9.17, 15) is 9.59 Å². The number of carbonyl (C=O) groups is 2. The second kappa shape index (κ2) is 2.73. The van der Waals surface area contributed by atoms with Crippen molar-refractivity contribution in [1.82, 2.24) is 0 Å². The smallest absolute Gasteiger partial charge is 0.173 e. The number of fused-ring (bicyclic) bond motifs is 1. The standard InChI is InChI=1S/C14H18O2/c1-7-9-10(12(16)13(7,3)4)8(2)14(5,6)11(9)15/h1-6H3. The van der Waals surface area contributed by atoms with Gasteiger partial charge in [-0.25, -0.2) is 0 Å². The molecule has 0 radical (unpaired) electrons. The number of allylic oxidation sites excluding steroid dienone is 4. The highest BCUT2D eigenvalue weighted by molar-refractivity contribution is 6.25. The van der Waals surface area contributed by atoms with E-state index in [2.05, 4.69) is 0 Å². The summed E-state index contributed by atoms with van der Waals surface area (Å²) in [5.41, 5.74) is 2.25. The zero-order valence-electron chi connectivity index (χ0n) is 10.8. The van der Waals surface area contributed by atoms with Gasteiger partial charge in [0.1, 0.15) is 0 Å². The average molecular weight is 218 g/mol. The molecule has 0 saturated carbocycles. The predicted octanol–water partition coefficient (Wildman–Crippen LogP) is 2.84. The fourth-order valence-electron chi connectivity index (χ4n) is 2.53. The van der Waals surface area contributed by atoms with Gasteiger partial charge in [0.05, 0.1) is 0 Å². The minimum atomic E-state index is -0.502. The monoisotopic (exact) mass is 218 g/mol. The van der Waals surface area contributed by atoms with Crippen LogP contribution in [0.25, 0.3) is 0 Å². The minimum Gasteiger partial charge on any atom is -0.293 e. The molecule has 2 aliphatic rings. The highest BCUT2D eigenvalue weighted by Gasteiger charge is 2.53. The Morgan fingerprint density at radius 2 is 0.938 bits per heavy atom. The van der Waals surface area contributed by atoms with Crippen LogP contribution in [-0.2, 0) is 9.59 Å². The normalized spacial score (nSPS) is 26.9. The summed E-state index contributed by atoms with van der Waals surface area (Å²) in [6.07, 6.45) is 0. The molecule has 2 heteroatoms. The van der Waals surface area contributed by atoms with E-state index in [0.29, 0.717) is 11.1 Å². The molecule has 0 aromatic carbocycles. The van der Waals surface area contributed by atoms with E-state index in [1.165, 1.54) is 0 Å². The van der Waals surface area contributed by atoms with Crippen molar-refractivity contribution in [3.8, 4) is 0 Å². The van der Waals surface area contributed by atoms with Crippen LogP contribution in [0.15, 0.2) is 22.3 Å². The fraction of sp³-hybridized carbons (Fsp3) is 0.571. The van der Waals surface area contributed by atoms with Crippen molar-refractivity contribution in [2.75, 3.05) is 0 Å². The Hall–Kier alpha value is -1.18. The number of rotatable bonds is 0. The summed E-state index contributed by atoms with van der Waals surface area (Å²) in [6, 6.07) is 0. The lowest BCUT2D eigenvalue weighted by Gasteiger charge is -2.22. The van der Waals surface area contributed by atoms with Gasteiger partial charge in [-0.3, -0.25) is 9.59 Å². The third-order valence-corrected chi connectivity index (χ3v) is 4.46. The van der Waals surface area contributed by atoms with Crippen molar-refractivity contribution in [2.24, 2.45) is 10.8 Å². The fourth-order valence-corrected chi connectivity index (χ4v) is 2.53. The molecule has 2 rings (SSSR count). The van der Waals surface area contributed by atoms with Crippen molar-refractivity contribution in [3.63, 3.8) is 0 Å². The molecule has 16 heavy (non-hydrogen) atoms. The Kier molecular flexibility index (Phi) is 1.93. The molecule has 2 aliphatic carbocycles. The lowest BCUT2D eigenvalue weighted by atomic mass is 9.79. The number of hydrogen-bond donors (Lipinski definition) is 0. The van der Waals surface area contributed by atoms with Gasteiger partial charge >= 0.3 is 0 Å². The van der Waals surface area contributed by atoms with Crippen molar-refractivity contribution >= 4 is 11.6 Å². The third-order valence-electron chi connectivity index (χ3n) is 4.46. The molecule has 0 aliphatic heterocycles. The first-order valence-electron chi connectivity index (χ1n) is 5.66. The lowest BCUT2D eigenvalue weighted by molar-refractivity contribution is -0.121. The van der Waals surface area contributed by atoms with E-state index in [4.69, 9.17) is 0 Å². The maximum Gasteiger partial charge on any atom is 0.173 e. The molecule has 2 nitrogen and oxygen atoms in total. The van der Waals surface area contributed by atoms with Crippen molar-refractivity contribution in [1.29, 1.82) is 0 Å². The molecule has 0 aromatic heterocycles. The van der Waals surface area contributed by atoms with Gasteiger partial charge in [-0.15, -0.1) is 0 Å². The van der Waals surface area contributed by atoms with Crippen molar-refractivity contribution in [3.05, 3.63) is 22.3 Å². The van der Waals surface area contributed by atoms with Crippen LogP contribution in [0.1, 0.15) is 41.5 Å². The highest BCUT2D eigenvalue weighted by atomic mass is 16.1. The Labute approximate surface area is 96.4 Å². The first-order valence-corrected chi connectivity index (χ1v) is 5.66. The van der Waals surface area contributed by atoms with Gasteiger partial charge in [0.25, 0.3) is 0 Å². The molecular weight excluding hydrogens is 200 g/mol. The topological polar surface area (TPSA) is 34.1 Å². The molecule has 0 fully saturated rings. The molecule has 0 unspecified atom stereocenters. The van der Waals surface area contributed by atoms with Crippen LogP contribution in [0, 0.1) is 10.8 Å². The Morgan fingerprint density at radius 3 is 1.19 bits per heavy atom. The zero-order chi connectivity index (χ0) is 12.5. The van der Waals surface area contributed by atoms with Crippen LogP contribution in [0.4, 0.5) is 0 Å². The molecule has 0 heterocycles. The van der Waals surface area contributed by atoms with Crippen LogP contribution in [0.3, 0.4) is 0 Å². The Balaban J connectivity index is 2.79. The number of Topliss-reactive ketones (excluding diaryl/α,β-unsaturated/α-hetero) is 2. The maximum atomic E-state index is 12.3. The molecule has 0 aromatic rings. The lowest BCUT2D eigenvalue weighted by Crippen LogP contribution is -2.25. The van der Waals surface area contributed by atoms with Gasteiger partial charge in [0.15, 0.2) is 11.6 Å². The second-order valence-corrected chi connectivity index (χ2v) is 5.91. The SMILES string of the molecule is CC1=C2C(=O)C(C)(C)C(C)=C2C(=O)C1(C)C. The third kappa shape index (κ3) is 0.977.